The summed E-state index contributed by atoms with van der Waals surface area (Å²) in [5.74, 6) is -0.383. The van der Waals surface area contributed by atoms with Gasteiger partial charge in [-0.3, -0.25) is 0 Å². The van der Waals surface area contributed by atoms with Gasteiger partial charge in [-0.25, -0.2) is 8.78 Å². The molecule has 0 nitrogen and oxygen atoms in total. The molecular formula is C61H32F2. The van der Waals surface area contributed by atoms with E-state index in [4.69, 9.17) is 0 Å². The number of hydrogen-bond donors (Lipinski definition) is 0. The SMILES string of the molecule is Fc1ccc2ccc3c(-c4ccc5c(c4)C4(c6ccccc6-c6ccccc64)c4ccc6c(-c7ccc8ccc9c(F)ccc%10ccc7c8c%109)cccc6c4-5)ccc4ccc1c2c43. The summed E-state index contributed by atoms with van der Waals surface area (Å²) >= 11 is 0. The highest BCUT2D eigenvalue weighted by atomic mass is 19.1. The van der Waals surface area contributed by atoms with Gasteiger partial charge in [0.2, 0.25) is 0 Å². The largest absolute Gasteiger partial charge is 0.206 e. The average molecular weight is 803 g/mol. The zero-order chi connectivity index (χ0) is 41.3. The fourth-order valence-electron chi connectivity index (χ4n) is 12.4. The Hall–Kier alpha value is -7.94. The maximum Gasteiger partial charge on any atom is 0.131 e. The smallest absolute Gasteiger partial charge is 0.131 e. The molecule has 2 aliphatic carbocycles. The third kappa shape index (κ3) is 4.06. The molecule has 0 N–H and O–H groups in total. The van der Waals surface area contributed by atoms with E-state index < -0.39 is 5.41 Å². The first-order chi connectivity index (χ1) is 31.1. The van der Waals surface area contributed by atoms with Crippen LogP contribution in [0.15, 0.2) is 194 Å². The van der Waals surface area contributed by atoms with Crippen LogP contribution in [0.25, 0.3) is 120 Å². The van der Waals surface area contributed by atoms with E-state index in [1.165, 1.54) is 55.3 Å². The lowest BCUT2D eigenvalue weighted by Gasteiger charge is -2.31. The van der Waals surface area contributed by atoms with Gasteiger partial charge in [0.1, 0.15) is 11.6 Å². The van der Waals surface area contributed by atoms with Crippen LogP contribution in [-0.2, 0) is 5.41 Å². The van der Waals surface area contributed by atoms with Gasteiger partial charge in [-0.2, -0.15) is 0 Å². The minimum atomic E-state index is -0.554. The number of rotatable bonds is 2. The second-order valence-corrected chi connectivity index (χ2v) is 17.7. The van der Waals surface area contributed by atoms with Gasteiger partial charge in [-0.15, -0.1) is 0 Å². The molecular weight excluding hydrogens is 771 g/mol. The maximum atomic E-state index is 15.3. The Morgan fingerprint density at radius 3 is 1.37 bits per heavy atom. The predicted molar refractivity (Wildman–Crippen MR) is 258 cm³/mol. The first kappa shape index (κ1) is 33.7. The Morgan fingerprint density at radius 2 is 0.730 bits per heavy atom. The van der Waals surface area contributed by atoms with E-state index in [-0.39, 0.29) is 11.6 Å². The molecule has 290 valence electrons. The third-order valence-electron chi connectivity index (χ3n) is 14.9. The molecule has 0 atom stereocenters. The minimum Gasteiger partial charge on any atom is -0.206 e. The van der Waals surface area contributed by atoms with Crippen molar-refractivity contribution in [2.24, 2.45) is 0 Å². The van der Waals surface area contributed by atoms with E-state index in [1.807, 2.05) is 24.3 Å². The number of fused-ring (bicyclic) bond motifs is 12. The van der Waals surface area contributed by atoms with Crippen LogP contribution in [-0.4, -0.2) is 0 Å². The molecule has 0 unspecified atom stereocenters. The summed E-state index contributed by atoms with van der Waals surface area (Å²) < 4.78 is 30.6. The average Bonchev–Trinajstić information content (AvgIpc) is 3.80. The van der Waals surface area contributed by atoms with Gasteiger partial charge in [0.05, 0.1) is 5.41 Å². The van der Waals surface area contributed by atoms with Crippen molar-refractivity contribution in [3.8, 4) is 44.5 Å². The number of halogens is 2. The fraction of sp³-hybridized carbons (Fsp3) is 0.0164. The summed E-state index contributed by atoms with van der Waals surface area (Å²) in [4.78, 5) is 0. The zero-order valence-corrected chi connectivity index (χ0v) is 33.7. The maximum absolute atomic E-state index is 15.3. The molecule has 0 radical (unpaired) electrons. The van der Waals surface area contributed by atoms with Crippen molar-refractivity contribution in [2.45, 2.75) is 5.41 Å². The van der Waals surface area contributed by atoms with Crippen molar-refractivity contribution in [3.05, 3.63) is 228 Å². The van der Waals surface area contributed by atoms with Gasteiger partial charge in [0.15, 0.2) is 0 Å². The Kier molecular flexibility index (Phi) is 6.27. The van der Waals surface area contributed by atoms with Gasteiger partial charge < -0.3 is 0 Å². The zero-order valence-electron chi connectivity index (χ0n) is 33.7. The quantitative estimate of drug-likeness (QED) is 0.153. The number of benzene rings is 13. The highest BCUT2D eigenvalue weighted by molar-refractivity contribution is 6.27. The van der Waals surface area contributed by atoms with Gasteiger partial charge >= 0.3 is 0 Å². The van der Waals surface area contributed by atoms with Crippen LogP contribution < -0.4 is 0 Å². The molecule has 63 heavy (non-hydrogen) atoms. The monoisotopic (exact) mass is 802 g/mol. The van der Waals surface area contributed by atoms with E-state index in [0.29, 0.717) is 10.8 Å². The first-order valence-corrected chi connectivity index (χ1v) is 21.7. The highest BCUT2D eigenvalue weighted by Gasteiger charge is 2.52. The molecule has 0 bridgehead atoms. The van der Waals surface area contributed by atoms with Crippen molar-refractivity contribution >= 4 is 75.4 Å². The summed E-state index contributed by atoms with van der Waals surface area (Å²) in [5.41, 5.74) is 14.2. The summed E-state index contributed by atoms with van der Waals surface area (Å²) in [6, 6.07) is 69.0. The number of hydrogen-bond acceptors (Lipinski definition) is 0. The van der Waals surface area contributed by atoms with E-state index in [2.05, 4.69) is 158 Å². The van der Waals surface area contributed by atoms with Crippen LogP contribution in [0.5, 0.6) is 0 Å². The van der Waals surface area contributed by atoms with Gasteiger partial charge in [0, 0.05) is 21.5 Å². The van der Waals surface area contributed by atoms with Crippen LogP contribution in [0.1, 0.15) is 22.3 Å². The second kappa shape index (κ2) is 11.7. The standard InChI is InChI=1S/C61H32F2/c62-54-30-19-35-14-23-45-38(21-12-33-16-26-48(54)58(35)56(33)45)37-18-25-47-53(32-37)61(50-10-3-1-6-42(50)43-7-2-4-11-51(43)61)52-29-28-41-39(8-5-9-44(41)60(47)52)40-22-13-34-17-27-49-55(63)31-20-36-15-24-46(40)57(34)59(36)49/h1-32H. The molecule has 0 fully saturated rings. The van der Waals surface area contributed by atoms with Crippen molar-refractivity contribution in [1.82, 2.24) is 0 Å². The molecule has 1 spiro atoms. The van der Waals surface area contributed by atoms with E-state index in [1.54, 1.807) is 12.1 Å². The van der Waals surface area contributed by atoms with Gasteiger partial charge in [-0.05, 0) is 139 Å². The van der Waals surface area contributed by atoms with Crippen LogP contribution in [0, 0.1) is 11.6 Å². The summed E-state index contributed by atoms with van der Waals surface area (Å²) in [6.07, 6.45) is 0. The normalized spacial score (nSPS) is 13.7. The molecule has 0 saturated carbocycles. The molecule has 2 aliphatic rings. The van der Waals surface area contributed by atoms with E-state index in [9.17, 15) is 0 Å². The lowest BCUT2D eigenvalue weighted by Crippen LogP contribution is -2.25. The van der Waals surface area contributed by atoms with Crippen LogP contribution in [0.3, 0.4) is 0 Å². The fourth-order valence-corrected chi connectivity index (χ4v) is 12.4. The Balaban J connectivity index is 1.03. The van der Waals surface area contributed by atoms with Crippen LogP contribution in [0.2, 0.25) is 0 Å². The van der Waals surface area contributed by atoms with Crippen molar-refractivity contribution < 1.29 is 8.78 Å². The summed E-state index contributed by atoms with van der Waals surface area (Å²) in [6.45, 7) is 0. The molecule has 2 heteroatoms. The van der Waals surface area contributed by atoms with Crippen LogP contribution in [0.4, 0.5) is 8.78 Å². The summed E-state index contributed by atoms with van der Waals surface area (Å²) in [5, 5.41) is 14.5. The first-order valence-electron chi connectivity index (χ1n) is 21.7. The van der Waals surface area contributed by atoms with Gasteiger partial charge in [-0.1, -0.05) is 176 Å². The lowest BCUT2D eigenvalue weighted by molar-refractivity contribution is 0.640. The predicted octanol–water partition coefficient (Wildman–Crippen LogP) is 16.6. The molecule has 0 heterocycles. The molecule has 0 aliphatic heterocycles. The highest BCUT2D eigenvalue weighted by Crippen LogP contribution is 2.64. The topological polar surface area (TPSA) is 0 Å². The Morgan fingerprint density at radius 1 is 0.270 bits per heavy atom. The molecule has 0 amide bonds. The molecule has 0 aromatic heterocycles. The second-order valence-electron chi connectivity index (χ2n) is 17.7. The molecule has 13 aromatic rings. The van der Waals surface area contributed by atoms with E-state index >= 15 is 8.78 Å². The third-order valence-corrected chi connectivity index (χ3v) is 14.9. The van der Waals surface area contributed by atoms with Crippen molar-refractivity contribution in [1.29, 1.82) is 0 Å². The van der Waals surface area contributed by atoms with Crippen molar-refractivity contribution in [3.63, 3.8) is 0 Å². The van der Waals surface area contributed by atoms with Crippen molar-refractivity contribution in [2.75, 3.05) is 0 Å². The molecule has 13 aromatic carbocycles. The van der Waals surface area contributed by atoms with Crippen LogP contribution >= 0.6 is 0 Å². The molecule has 15 rings (SSSR count). The van der Waals surface area contributed by atoms with E-state index in [0.717, 1.165) is 76.1 Å². The molecule has 0 saturated heterocycles. The van der Waals surface area contributed by atoms with Gasteiger partial charge in [0.25, 0.3) is 0 Å². The Bertz CT molecular complexity index is 4130. The Labute approximate surface area is 360 Å². The lowest BCUT2D eigenvalue weighted by atomic mass is 9.70. The minimum absolute atomic E-state index is 0.191. The summed E-state index contributed by atoms with van der Waals surface area (Å²) in [7, 11) is 0.